The quantitative estimate of drug-likeness (QED) is 0.344. The van der Waals surface area contributed by atoms with Gasteiger partial charge < -0.3 is 5.73 Å². The van der Waals surface area contributed by atoms with Crippen molar-refractivity contribution in [2.75, 3.05) is 5.73 Å². The summed E-state index contributed by atoms with van der Waals surface area (Å²) in [5.74, 6) is -1.97. The van der Waals surface area contributed by atoms with E-state index < -0.39 is 33.9 Å². The molecule has 0 atom stereocenters. The fourth-order valence-electron chi connectivity index (χ4n) is 0.984. The average Bonchev–Trinajstić information content (AvgIpc) is 2.00. The second kappa shape index (κ2) is 3.37. The molecule has 0 aromatic heterocycles. The van der Waals surface area contributed by atoms with Crippen LogP contribution in [0.3, 0.4) is 0 Å². The van der Waals surface area contributed by atoms with E-state index in [9.17, 15) is 27.7 Å². The van der Waals surface area contributed by atoms with Gasteiger partial charge in [-0.25, -0.2) is 0 Å². The van der Waals surface area contributed by atoms with Crippen molar-refractivity contribution < 1.29 is 22.5 Å². The molecule has 0 unspecified atom stereocenters. The highest BCUT2D eigenvalue weighted by Crippen LogP contribution is 2.37. The minimum absolute atomic E-state index is 0.359. The molecule has 0 spiro atoms. The summed E-state index contributed by atoms with van der Waals surface area (Å²) in [7, 11) is 0. The SMILES string of the molecule is Nc1ccc(C(F)(F)F)c(F)c1[N+](=O)[O-]. The number of nitro groups is 1. The maximum absolute atomic E-state index is 13.0. The van der Waals surface area contributed by atoms with Gasteiger partial charge in [0.05, 0.1) is 10.5 Å². The number of nitrogens with zero attached hydrogens (tertiary/aromatic N) is 1. The van der Waals surface area contributed by atoms with Crippen LogP contribution in [0.5, 0.6) is 0 Å². The normalized spacial score (nSPS) is 11.5. The summed E-state index contributed by atoms with van der Waals surface area (Å²) in [6, 6.07) is 1.00. The molecule has 0 radical (unpaired) electrons. The third-order valence-corrected chi connectivity index (χ3v) is 1.64. The molecule has 0 aliphatic carbocycles. The second-order valence-electron chi connectivity index (χ2n) is 2.62. The molecule has 0 aliphatic rings. The molecule has 8 heteroatoms. The van der Waals surface area contributed by atoms with Crippen LogP contribution in [0.25, 0.3) is 0 Å². The number of rotatable bonds is 1. The van der Waals surface area contributed by atoms with Crippen molar-refractivity contribution >= 4 is 11.4 Å². The van der Waals surface area contributed by atoms with E-state index >= 15 is 0 Å². The lowest BCUT2D eigenvalue weighted by Gasteiger charge is -2.08. The number of benzene rings is 1. The number of nitrogen functional groups attached to an aromatic ring is 1. The number of halogens is 4. The van der Waals surface area contributed by atoms with Gasteiger partial charge in [-0.2, -0.15) is 17.6 Å². The van der Waals surface area contributed by atoms with E-state index in [4.69, 9.17) is 5.73 Å². The van der Waals surface area contributed by atoms with Crippen molar-refractivity contribution in [3.63, 3.8) is 0 Å². The van der Waals surface area contributed by atoms with Crippen LogP contribution in [-0.4, -0.2) is 4.92 Å². The molecule has 0 fully saturated rings. The predicted molar refractivity (Wildman–Crippen MR) is 42.5 cm³/mol. The van der Waals surface area contributed by atoms with Crippen LogP contribution in [0.15, 0.2) is 12.1 Å². The molecule has 15 heavy (non-hydrogen) atoms. The summed E-state index contributed by atoms with van der Waals surface area (Å²) in [5, 5.41) is 10.2. The third-order valence-electron chi connectivity index (χ3n) is 1.64. The molecular weight excluding hydrogens is 220 g/mol. The Kier molecular flexibility index (Phi) is 2.52. The molecule has 0 amide bonds. The van der Waals surface area contributed by atoms with Crippen molar-refractivity contribution in [3.8, 4) is 0 Å². The van der Waals surface area contributed by atoms with Gasteiger partial charge >= 0.3 is 11.9 Å². The van der Waals surface area contributed by atoms with Gasteiger partial charge in [-0.1, -0.05) is 0 Å². The standard InChI is InChI=1S/C7H4F4N2O2/c8-5-3(7(9,10)11)1-2-4(12)6(5)13(14)15/h1-2H,12H2. The van der Waals surface area contributed by atoms with Gasteiger partial charge in [0.2, 0.25) is 5.82 Å². The first-order valence-electron chi connectivity index (χ1n) is 3.54. The lowest BCUT2D eigenvalue weighted by Crippen LogP contribution is -2.11. The van der Waals surface area contributed by atoms with Gasteiger partial charge in [0.25, 0.3) is 0 Å². The van der Waals surface area contributed by atoms with Crippen LogP contribution in [0.1, 0.15) is 5.56 Å². The summed E-state index contributed by atoms with van der Waals surface area (Å²) in [4.78, 5) is 8.95. The van der Waals surface area contributed by atoms with E-state index in [0.717, 1.165) is 0 Å². The molecule has 0 saturated heterocycles. The highest BCUT2D eigenvalue weighted by molar-refractivity contribution is 5.60. The van der Waals surface area contributed by atoms with E-state index in [2.05, 4.69) is 0 Å². The van der Waals surface area contributed by atoms with Crippen LogP contribution >= 0.6 is 0 Å². The van der Waals surface area contributed by atoms with Crippen LogP contribution in [0, 0.1) is 15.9 Å². The molecule has 0 bridgehead atoms. The maximum atomic E-state index is 13.0. The van der Waals surface area contributed by atoms with Crippen molar-refractivity contribution in [1.82, 2.24) is 0 Å². The van der Waals surface area contributed by atoms with E-state index in [0.29, 0.717) is 12.1 Å². The number of anilines is 1. The van der Waals surface area contributed by atoms with Gasteiger partial charge in [-0.05, 0) is 12.1 Å². The lowest BCUT2D eigenvalue weighted by molar-refractivity contribution is -0.386. The van der Waals surface area contributed by atoms with E-state index in [1.54, 1.807) is 0 Å². The van der Waals surface area contributed by atoms with Crippen LogP contribution in [-0.2, 0) is 6.18 Å². The lowest BCUT2D eigenvalue weighted by atomic mass is 10.1. The van der Waals surface area contributed by atoms with Gasteiger partial charge in [0, 0.05) is 0 Å². The molecule has 0 aliphatic heterocycles. The first-order chi connectivity index (χ1) is 6.75. The Morgan fingerprint density at radius 1 is 1.33 bits per heavy atom. The minimum Gasteiger partial charge on any atom is -0.393 e. The van der Waals surface area contributed by atoms with Crippen LogP contribution < -0.4 is 5.73 Å². The zero-order chi connectivity index (χ0) is 11.8. The van der Waals surface area contributed by atoms with Crippen LogP contribution in [0.4, 0.5) is 28.9 Å². The zero-order valence-corrected chi connectivity index (χ0v) is 7.01. The summed E-state index contributed by atoms with van der Waals surface area (Å²) < 4.78 is 49.4. The third kappa shape index (κ3) is 1.97. The molecule has 0 saturated carbocycles. The largest absolute Gasteiger partial charge is 0.419 e. The Hall–Kier alpha value is -1.86. The fraction of sp³-hybridized carbons (Fsp3) is 0.143. The molecule has 2 N–H and O–H groups in total. The van der Waals surface area contributed by atoms with E-state index in [1.165, 1.54) is 0 Å². The first-order valence-corrected chi connectivity index (χ1v) is 3.54. The topological polar surface area (TPSA) is 69.2 Å². The van der Waals surface area contributed by atoms with Crippen molar-refractivity contribution in [2.24, 2.45) is 0 Å². The molecule has 1 rings (SSSR count). The molecular formula is C7H4F4N2O2. The summed E-state index contributed by atoms with van der Waals surface area (Å²) in [6.07, 6.45) is -4.98. The Morgan fingerprint density at radius 2 is 1.87 bits per heavy atom. The summed E-state index contributed by atoms with van der Waals surface area (Å²) in [5.41, 5.74) is 1.28. The molecule has 4 nitrogen and oxygen atoms in total. The smallest absolute Gasteiger partial charge is 0.393 e. The predicted octanol–water partition coefficient (Wildman–Crippen LogP) is 2.33. The highest BCUT2D eigenvalue weighted by Gasteiger charge is 2.38. The second-order valence-corrected chi connectivity index (χ2v) is 2.62. The van der Waals surface area contributed by atoms with Gasteiger partial charge in [-0.15, -0.1) is 0 Å². The number of alkyl halides is 3. The minimum atomic E-state index is -4.98. The zero-order valence-electron chi connectivity index (χ0n) is 7.01. The van der Waals surface area contributed by atoms with Gasteiger partial charge in [0.15, 0.2) is 0 Å². The van der Waals surface area contributed by atoms with Crippen molar-refractivity contribution in [2.45, 2.75) is 6.18 Å². The first kappa shape index (κ1) is 11.2. The van der Waals surface area contributed by atoms with E-state index in [-0.39, 0.29) is 0 Å². The number of hydrogen-bond acceptors (Lipinski definition) is 3. The van der Waals surface area contributed by atoms with E-state index in [1.807, 2.05) is 0 Å². The fourth-order valence-corrected chi connectivity index (χ4v) is 0.984. The van der Waals surface area contributed by atoms with Gasteiger partial charge in [-0.3, -0.25) is 10.1 Å². The number of nitro benzene ring substituents is 1. The van der Waals surface area contributed by atoms with Crippen molar-refractivity contribution in [3.05, 3.63) is 33.6 Å². The molecule has 0 heterocycles. The monoisotopic (exact) mass is 224 g/mol. The summed E-state index contributed by atoms with van der Waals surface area (Å²) in [6.45, 7) is 0. The summed E-state index contributed by atoms with van der Waals surface area (Å²) >= 11 is 0. The Morgan fingerprint density at radius 3 is 2.27 bits per heavy atom. The Labute approximate surface area is 80.5 Å². The molecule has 1 aromatic carbocycles. The Balaban J connectivity index is 3.49. The maximum Gasteiger partial charge on any atom is 0.419 e. The van der Waals surface area contributed by atoms with Gasteiger partial charge in [0.1, 0.15) is 5.69 Å². The number of nitrogens with two attached hydrogens (primary N) is 1. The molecule has 1 aromatic rings. The van der Waals surface area contributed by atoms with Crippen LogP contribution in [0.2, 0.25) is 0 Å². The number of hydrogen-bond donors (Lipinski definition) is 1. The van der Waals surface area contributed by atoms with Crippen molar-refractivity contribution in [1.29, 1.82) is 0 Å². The molecule has 82 valence electrons. The Bertz CT molecular complexity index is 416. The average molecular weight is 224 g/mol. The highest BCUT2D eigenvalue weighted by atomic mass is 19.4.